The Kier molecular flexibility index (Phi) is 7.89. The molecule has 1 aromatic rings. The number of carbonyl (C=O) groups is 2. The second kappa shape index (κ2) is 10.7. The van der Waals surface area contributed by atoms with E-state index in [4.69, 9.17) is 0 Å². The maximum absolute atomic E-state index is 13.8. The van der Waals surface area contributed by atoms with E-state index >= 15 is 0 Å². The molecule has 0 bridgehead atoms. The molecule has 2 atom stereocenters. The summed E-state index contributed by atoms with van der Waals surface area (Å²) in [6.07, 6.45) is 3.59. The van der Waals surface area contributed by atoms with Crippen LogP contribution >= 0.6 is 15.9 Å². The molecule has 3 aliphatic heterocycles. The van der Waals surface area contributed by atoms with Gasteiger partial charge in [-0.25, -0.2) is 8.78 Å². The molecule has 192 valence electrons. The third-order valence-corrected chi connectivity index (χ3v) is 7.36. The number of alkyl halides is 2. The van der Waals surface area contributed by atoms with Crippen LogP contribution in [0.4, 0.5) is 20.2 Å². The number of nitrogens with zero attached hydrogens (tertiary/aromatic N) is 3. The summed E-state index contributed by atoms with van der Waals surface area (Å²) in [6.45, 7) is 1.65. The highest BCUT2D eigenvalue weighted by atomic mass is 79.9. The number of anilines is 1. The van der Waals surface area contributed by atoms with Crippen molar-refractivity contribution in [2.75, 3.05) is 44.6 Å². The van der Waals surface area contributed by atoms with Crippen LogP contribution in [0.3, 0.4) is 0 Å². The molecule has 2 N–H and O–H groups in total. The number of nitro benzene ring substituents is 1. The van der Waals surface area contributed by atoms with E-state index < -0.39 is 29.7 Å². The molecule has 0 spiro atoms. The third kappa shape index (κ3) is 6.08. The van der Waals surface area contributed by atoms with Crippen LogP contribution in [0, 0.1) is 16.0 Å². The van der Waals surface area contributed by atoms with Gasteiger partial charge >= 0.3 is 0 Å². The van der Waals surface area contributed by atoms with Crippen molar-refractivity contribution in [3.8, 4) is 0 Å². The minimum atomic E-state index is -2.92. The van der Waals surface area contributed by atoms with E-state index in [1.165, 1.54) is 6.07 Å². The van der Waals surface area contributed by atoms with Crippen LogP contribution in [0.1, 0.15) is 48.9 Å². The highest BCUT2D eigenvalue weighted by molar-refractivity contribution is 9.10. The molecule has 12 heteroatoms. The van der Waals surface area contributed by atoms with Gasteiger partial charge < -0.3 is 20.4 Å². The largest absolute Gasteiger partial charge is 0.374 e. The fraction of sp³-hybridized carbons (Fsp3) is 0.652. The van der Waals surface area contributed by atoms with Crippen LogP contribution in [-0.2, 0) is 4.79 Å². The van der Waals surface area contributed by atoms with Gasteiger partial charge in [-0.1, -0.05) is 15.9 Å². The summed E-state index contributed by atoms with van der Waals surface area (Å²) < 4.78 is 28.1. The van der Waals surface area contributed by atoms with Crippen molar-refractivity contribution in [1.29, 1.82) is 0 Å². The van der Waals surface area contributed by atoms with Gasteiger partial charge in [0.2, 0.25) is 5.91 Å². The fourth-order valence-electron chi connectivity index (χ4n) is 5.19. The van der Waals surface area contributed by atoms with E-state index in [2.05, 4.69) is 26.6 Å². The molecule has 2 amide bonds. The second-order valence-electron chi connectivity index (χ2n) is 9.61. The second-order valence-corrected chi connectivity index (χ2v) is 10.5. The molecular weight excluding hydrogens is 528 g/mol. The number of hydrogen-bond donors (Lipinski definition) is 2. The number of amides is 2. The van der Waals surface area contributed by atoms with E-state index in [-0.39, 0.29) is 47.9 Å². The normalized spacial score (nSPS) is 24.7. The van der Waals surface area contributed by atoms with E-state index in [9.17, 15) is 28.5 Å². The predicted molar refractivity (Wildman–Crippen MR) is 130 cm³/mol. The zero-order valence-electron chi connectivity index (χ0n) is 19.4. The van der Waals surface area contributed by atoms with Gasteiger partial charge in [-0.3, -0.25) is 19.7 Å². The zero-order valence-corrected chi connectivity index (χ0v) is 21.0. The highest BCUT2D eigenvalue weighted by Crippen LogP contribution is 2.35. The van der Waals surface area contributed by atoms with Crippen molar-refractivity contribution < 1.29 is 23.3 Å². The Bertz CT molecular complexity index is 989. The molecule has 3 heterocycles. The summed E-state index contributed by atoms with van der Waals surface area (Å²) in [5, 5.41) is 17.7. The number of hydrogen-bond acceptors (Lipinski definition) is 6. The van der Waals surface area contributed by atoms with Gasteiger partial charge in [-0.15, -0.1) is 0 Å². The van der Waals surface area contributed by atoms with Crippen LogP contribution < -0.4 is 10.6 Å². The van der Waals surface area contributed by atoms with Crippen molar-refractivity contribution >= 4 is 39.1 Å². The standard InChI is InChI=1S/C23H30BrF2N5O4/c24-16-9-18(22(33)29-6-2-1-3-7-29)20(19(10-16)31(34)35)28-17-5-4-8-30(13-17)21(32)15-11-23(25,26)14-27-12-15/h9-10,15,17,27-28H,1-8,11-14H2/t15-,17+/m0/s1. The van der Waals surface area contributed by atoms with Gasteiger partial charge in [0, 0.05) is 55.7 Å². The Morgan fingerprint density at radius 1 is 1.14 bits per heavy atom. The molecular formula is C23H30BrF2N5O4. The van der Waals surface area contributed by atoms with E-state index in [1.807, 2.05) is 0 Å². The Morgan fingerprint density at radius 3 is 2.54 bits per heavy atom. The van der Waals surface area contributed by atoms with Crippen LogP contribution in [-0.4, -0.2) is 77.8 Å². The van der Waals surface area contributed by atoms with E-state index in [1.54, 1.807) is 15.9 Å². The van der Waals surface area contributed by atoms with Gasteiger partial charge in [0.1, 0.15) is 5.69 Å². The summed E-state index contributed by atoms with van der Waals surface area (Å²) in [4.78, 5) is 41.0. The molecule has 3 fully saturated rings. The number of likely N-dealkylation sites (tertiary alicyclic amines) is 2. The van der Waals surface area contributed by atoms with E-state index in [0.717, 1.165) is 19.3 Å². The SMILES string of the molecule is O=C(c1cc(Br)cc([N+](=O)[O-])c1N[C@@H]1CCCN(C(=O)[C@@H]2CNCC(F)(F)C2)C1)N1CCCCC1. The summed E-state index contributed by atoms with van der Waals surface area (Å²) >= 11 is 3.29. The molecule has 4 rings (SSSR count). The molecule has 1 aromatic carbocycles. The number of piperidine rings is 3. The lowest BCUT2D eigenvalue weighted by atomic mass is 9.94. The monoisotopic (exact) mass is 557 g/mol. The average molecular weight is 558 g/mol. The zero-order chi connectivity index (χ0) is 25.2. The predicted octanol–water partition coefficient (Wildman–Crippen LogP) is 3.63. The van der Waals surface area contributed by atoms with Crippen molar-refractivity contribution in [1.82, 2.24) is 15.1 Å². The summed E-state index contributed by atoms with van der Waals surface area (Å²) in [6, 6.07) is 2.60. The fourth-order valence-corrected chi connectivity index (χ4v) is 5.64. The Balaban J connectivity index is 1.55. The minimum Gasteiger partial charge on any atom is -0.374 e. The lowest BCUT2D eigenvalue weighted by molar-refractivity contribution is -0.384. The number of benzene rings is 1. The van der Waals surface area contributed by atoms with Crippen molar-refractivity contribution in [2.45, 2.75) is 50.5 Å². The van der Waals surface area contributed by atoms with Crippen molar-refractivity contribution in [2.24, 2.45) is 5.92 Å². The van der Waals surface area contributed by atoms with Crippen LogP contribution in [0.2, 0.25) is 0 Å². The van der Waals surface area contributed by atoms with Crippen LogP contribution in [0.5, 0.6) is 0 Å². The minimum absolute atomic E-state index is 0.138. The van der Waals surface area contributed by atoms with Gasteiger partial charge in [0.25, 0.3) is 17.5 Å². The van der Waals surface area contributed by atoms with Gasteiger partial charge in [-0.2, -0.15) is 0 Å². The first-order chi connectivity index (χ1) is 16.6. The first-order valence-electron chi connectivity index (χ1n) is 12.1. The summed E-state index contributed by atoms with van der Waals surface area (Å²) in [5.74, 6) is -4.33. The Labute approximate surface area is 210 Å². The molecule has 9 nitrogen and oxygen atoms in total. The molecule has 3 aliphatic rings. The van der Waals surface area contributed by atoms with E-state index in [0.29, 0.717) is 36.9 Å². The van der Waals surface area contributed by atoms with Gasteiger partial charge in [0.05, 0.1) is 22.9 Å². The summed E-state index contributed by atoms with van der Waals surface area (Å²) in [5.41, 5.74) is 0.130. The average Bonchev–Trinajstić information content (AvgIpc) is 2.84. The molecule has 0 radical (unpaired) electrons. The molecule has 0 unspecified atom stereocenters. The third-order valence-electron chi connectivity index (χ3n) is 6.90. The number of nitro groups is 1. The van der Waals surface area contributed by atoms with Crippen LogP contribution in [0.15, 0.2) is 16.6 Å². The van der Waals surface area contributed by atoms with Gasteiger partial charge in [-0.05, 0) is 38.2 Å². The first kappa shape index (κ1) is 25.7. The first-order valence-corrected chi connectivity index (χ1v) is 12.8. The molecule has 0 saturated carbocycles. The topological polar surface area (TPSA) is 108 Å². The molecule has 0 aliphatic carbocycles. The molecule has 0 aromatic heterocycles. The maximum atomic E-state index is 13.8. The van der Waals surface area contributed by atoms with Crippen molar-refractivity contribution in [3.05, 3.63) is 32.3 Å². The maximum Gasteiger partial charge on any atom is 0.294 e. The lowest BCUT2D eigenvalue weighted by Gasteiger charge is -2.38. The Morgan fingerprint density at radius 2 is 1.86 bits per heavy atom. The van der Waals surface area contributed by atoms with Crippen molar-refractivity contribution in [3.63, 3.8) is 0 Å². The highest BCUT2D eigenvalue weighted by Gasteiger charge is 2.41. The summed E-state index contributed by atoms with van der Waals surface area (Å²) in [7, 11) is 0. The molecule has 3 saturated heterocycles. The number of rotatable bonds is 5. The van der Waals surface area contributed by atoms with Crippen LogP contribution in [0.25, 0.3) is 0 Å². The number of halogens is 3. The lowest BCUT2D eigenvalue weighted by Crippen LogP contribution is -2.53. The Hall–Kier alpha value is -2.34. The number of nitrogens with one attached hydrogen (secondary N) is 2. The van der Waals surface area contributed by atoms with Gasteiger partial charge in [0.15, 0.2) is 0 Å². The quantitative estimate of drug-likeness (QED) is 0.422. The number of carbonyl (C=O) groups excluding carboxylic acids is 2. The smallest absolute Gasteiger partial charge is 0.294 e. The molecule has 35 heavy (non-hydrogen) atoms.